The molecule has 105 heavy (non-hydrogen) atoms. The summed E-state index contributed by atoms with van der Waals surface area (Å²) in [6.45, 7) is 32.6. The Hall–Kier alpha value is -9.58. The summed E-state index contributed by atoms with van der Waals surface area (Å²) in [5.41, 5.74) is 4.99. The second kappa shape index (κ2) is 30.9. The number of hydrogen-bond acceptors (Lipinski definition) is 24. The van der Waals surface area contributed by atoms with E-state index >= 15 is 0 Å². The highest BCUT2D eigenvalue weighted by Crippen LogP contribution is 2.55. The van der Waals surface area contributed by atoms with Crippen molar-refractivity contribution < 1.29 is 92.5 Å². The third kappa shape index (κ3) is 17.4. The third-order valence-electron chi connectivity index (χ3n) is 17.7. The fraction of sp³-hybridized carbons (Fsp3) is 0.351. The third-order valence-corrected chi connectivity index (χ3v) is 21.7. The lowest BCUT2D eigenvalue weighted by molar-refractivity contribution is -0.152. The van der Waals surface area contributed by atoms with Crippen molar-refractivity contribution >= 4 is 70.2 Å². The van der Waals surface area contributed by atoms with Gasteiger partial charge in [-0.15, -0.1) is 0 Å². The SMILES string of the molecule is CCC(=O)OCCOC(=O)CC(C)(c1ccc(OP2OC(=O)c3cccnc3O2)c(C(C)(C)C)c1)c1ccc(OP2OC(=O)c3cccnc3O2)c(C(C)(C)C)c1.CCC(C)(c1ccc(OP2OC(=O)c3cccnc3O2)c(C(C)(C)C)c1)c1ccc(OP2OC(=O)c3cccnc3O2)c(C(C)(C)C)c1. The summed E-state index contributed by atoms with van der Waals surface area (Å²) in [5.74, 6) is -0.521. The average molecular weight is 1510 g/mol. The molecule has 0 bridgehead atoms. The van der Waals surface area contributed by atoms with E-state index in [9.17, 15) is 28.8 Å². The topological polar surface area (TPSA) is 283 Å². The van der Waals surface area contributed by atoms with Crippen LogP contribution in [0.3, 0.4) is 0 Å². The number of benzene rings is 4. The molecule has 4 aromatic carbocycles. The number of ether oxygens (including phenoxy) is 2. The minimum atomic E-state index is -2.17. The van der Waals surface area contributed by atoms with Crippen LogP contribution in [0.1, 0.15) is 216 Å². The first-order valence-corrected chi connectivity index (χ1v) is 38.3. The molecule has 0 spiro atoms. The molecule has 4 aromatic heterocycles. The van der Waals surface area contributed by atoms with Crippen LogP contribution in [0.5, 0.6) is 46.5 Å². The van der Waals surface area contributed by atoms with Crippen LogP contribution in [0.25, 0.3) is 0 Å². The zero-order chi connectivity index (χ0) is 75.6. The van der Waals surface area contributed by atoms with Crippen LogP contribution in [0, 0.1) is 0 Å². The largest absolute Gasteiger partial charge is 0.534 e. The highest BCUT2D eigenvalue weighted by molar-refractivity contribution is 7.44. The first kappa shape index (κ1) is 76.5. The summed E-state index contributed by atoms with van der Waals surface area (Å²) < 4.78 is 81.0. The molecule has 8 aromatic rings. The normalized spacial score (nSPS) is 17.9. The summed E-state index contributed by atoms with van der Waals surface area (Å²) >= 11 is 0. The molecular weight excluding hydrogens is 1420 g/mol. The number of fused-ring (bicyclic) bond motifs is 4. The van der Waals surface area contributed by atoms with E-state index in [0.29, 0.717) is 23.0 Å². The summed E-state index contributed by atoms with van der Waals surface area (Å²) in [5, 5.41) is 0. The number of nitrogens with zero attached hydrogens (tertiary/aromatic N) is 4. The van der Waals surface area contributed by atoms with Gasteiger partial charge in [0.25, 0.3) is 0 Å². The van der Waals surface area contributed by atoms with Crippen molar-refractivity contribution in [1.82, 2.24) is 19.9 Å². The Morgan fingerprint density at radius 2 is 0.610 bits per heavy atom. The van der Waals surface area contributed by atoms with E-state index in [4.69, 9.17) is 63.8 Å². The number of aromatic nitrogens is 4. The van der Waals surface area contributed by atoms with Crippen molar-refractivity contribution in [1.29, 1.82) is 0 Å². The molecule has 0 saturated heterocycles. The van der Waals surface area contributed by atoms with Crippen LogP contribution < -0.4 is 36.2 Å². The molecule has 12 rings (SSSR count). The van der Waals surface area contributed by atoms with E-state index in [0.717, 1.165) is 50.9 Å². The molecular formula is C77H82N4O20P4. The minimum absolute atomic E-state index is 0.0687. The van der Waals surface area contributed by atoms with Gasteiger partial charge < -0.3 is 63.8 Å². The van der Waals surface area contributed by atoms with Gasteiger partial charge in [0.05, 0.1) is 6.42 Å². The minimum Gasteiger partial charge on any atom is -0.462 e. The van der Waals surface area contributed by atoms with Crippen LogP contribution in [-0.2, 0) is 69.6 Å². The highest BCUT2D eigenvalue weighted by atomic mass is 31.2. The Labute approximate surface area is 614 Å². The van der Waals surface area contributed by atoms with E-state index in [1.54, 1.807) is 80.0 Å². The van der Waals surface area contributed by atoms with E-state index in [-0.39, 0.29) is 82.7 Å². The molecule has 8 heterocycles. The van der Waals surface area contributed by atoms with Crippen LogP contribution in [0.4, 0.5) is 0 Å². The van der Waals surface area contributed by atoms with Gasteiger partial charge in [-0.1, -0.05) is 159 Å². The van der Waals surface area contributed by atoms with Crippen LogP contribution in [0.2, 0.25) is 0 Å². The van der Waals surface area contributed by atoms with Crippen molar-refractivity contribution in [3.8, 4) is 46.5 Å². The second-order valence-corrected chi connectivity index (χ2v) is 33.4. The highest BCUT2D eigenvalue weighted by Gasteiger charge is 2.43. The van der Waals surface area contributed by atoms with Gasteiger partial charge in [-0.2, -0.15) is 0 Å². The molecule has 0 N–H and O–H groups in total. The van der Waals surface area contributed by atoms with Gasteiger partial charge in [0.1, 0.15) is 58.5 Å². The fourth-order valence-electron chi connectivity index (χ4n) is 11.6. The molecule has 4 unspecified atom stereocenters. The molecule has 0 amide bonds. The maximum Gasteiger partial charge on any atom is 0.534 e. The van der Waals surface area contributed by atoms with Gasteiger partial charge >= 0.3 is 70.2 Å². The summed E-state index contributed by atoms with van der Waals surface area (Å²) in [4.78, 5) is 92.7. The van der Waals surface area contributed by atoms with E-state index < -0.39 is 91.9 Å². The predicted octanol–water partition coefficient (Wildman–Crippen LogP) is 18.5. The summed E-state index contributed by atoms with van der Waals surface area (Å²) in [6, 6.07) is 36.3. The molecule has 4 aliphatic rings. The van der Waals surface area contributed by atoms with Crippen molar-refractivity contribution in [3.63, 3.8) is 0 Å². The maximum atomic E-state index is 13.7. The standard InChI is InChI=1S/C41H44N2O12P2.C36H38N2O8P2/c1-9-33(44)48-20-21-49-34(45)24-41(8,25-14-16-31(29(22-25)39(2,3)4)50-56-52-35-27(37(46)54-56)12-10-18-42-35)26-15-17-32(30(23-26)40(5,6)7)51-57-53-36-28(38(47)55-57)13-11-19-43-36;1-9-36(8,22-14-16-28(26(20-22)34(2,3)4)41-47-43-30-24(32(39)45-47)12-10-18-37-30)23-15-17-29(27(21-23)35(5,6)7)42-48-44-31-25(33(40)46-48)13-11-19-38-31/h10-19,22-23H,9,20-21,24H2,1-8H3;10-21H,9H2,1-8H3. The lowest BCUT2D eigenvalue weighted by Crippen LogP contribution is -2.30. The second-order valence-electron chi connectivity index (χ2n) is 29.4. The monoisotopic (exact) mass is 1510 g/mol. The number of pyridine rings is 4. The molecule has 0 radical (unpaired) electrons. The van der Waals surface area contributed by atoms with Crippen molar-refractivity contribution in [2.45, 2.75) is 163 Å². The predicted molar refractivity (Wildman–Crippen MR) is 392 cm³/mol. The zero-order valence-corrected chi connectivity index (χ0v) is 64.7. The smallest absolute Gasteiger partial charge is 0.462 e. The van der Waals surface area contributed by atoms with Gasteiger partial charge in [-0.05, 0) is 123 Å². The van der Waals surface area contributed by atoms with E-state index in [1.807, 2.05) is 97.0 Å². The van der Waals surface area contributed by atoms with E-state index in [2.05, 4.69) is 87.5 Å². The quantitative estimate of drug-likeness (QED) is 0.0413. The zero-order valence-electron chi connectivity index (χ0n) is 61.1. The first-order valence-electron chi connectivity index (χ1n) is 33.9. The van der Waals surface area contributed by atoms with Crippen molar-refractivity contribution in [3.05, 3.63) is 213 Å². The van der Waals surface area contributed by atoms with Crippen molar-refractivity contribution in [2.24, 2.45) is 0 Å². The number of esters is 2. The fourth-order valence-corrected chi connectivity index (χ4v) is 15.4. The Morgan fingerprint density at radius 1 is 0.352 bits per heavy atom. The molecule has 550 valence electrons. The Balaban J connectivity index is 0.000000213. The van der Waals surface area contributed by atoms with Crippen LogP contribution in [0.15, 0.2) is 146 Å². The molecule has 0 saturated carbocycles. The van der Waals surface area contributed by atoms with E-state index in [1.165, 1.54) is 12.4 Å². The first-order chi connectivity index (χ1) is 49.6. The Bertz CT molecular complexity index is 4380. The van der Waals surface area contributed by atoms with Crippen LogP contribution in [-0.4, -0.2) is 69.0 Å². The van der Waals surface area contributed by atoms with Gasteiger partial charge in [0.15, 0.2) is 0 Å². The maximum absolute atomic E-state index is 13.7. The van der Waals surface area contributed by atoms with Gasteiger partial charge in [0.2, 0.25) is 23.5 Å². The molecule has 28 heteroatoms. The van der Waals surface area contributed by atoms with Crippen LogP contribution >= 0.6 is 34.4 Å². The number of rotatable bonds is 19. The summed E-state index contributed by atoms with van der Waals surface area (Å²) in [6.07, 6.45) is 7.06. The van der Waals surface area contributed by atoms with Gasteiger partial charge in [0, 0.05) is 64.3 Å². The van der Waals surface area contributed by atoms with Gasteiger partial charge in [-0.25, -0.2) is 39.1 Å². The lowest BCUT2D eigenvalue weighted by atomic mass is 9.70. The molecule has 0 fully saturated rings. The Morgan fingerprint density at radius 3 is 0.857 bits per heavy atom. The molecule has 4 atom stereocenters. The van der Waals surface area contributed by atoms with Crippen molar-refractivity contribution in [2.75, 3.05) is 13.2 Å². The number of hydrogen-bond donors (Lipinski definition) is 0. The number of carbonyl (C=O) groups is 6. The molecule has 24 nitrogen and oxygen atoms in total. The number of carbonyl (C=O) groups excluding carboxylic acids is 6. The Kier molecular flexibility index (Phi) is 22.5. The lowest BCUT2D eigenvalue weighted by Gasteiger charge is -2.34. The summed E-state index contributed by atoms with van der Waals surface area (Å²) in [7, 11) is -8.42. The average Bonchev–Trinajstić information content (AvgIpc) is 0.757. The molecule has 4 aliphatic heterocycles. The van der Waals surface area contributed by atoms with Gasteiger partial charge in [-0.3, -0.25) is 9.59 Å². The molecule has 0 aliphatic carbocycles.